The van der Waals surface area contributed by atoms with Crippen LogP contribution in [0.3, 0.4) is 0 Å². The molecule has 6 heteroatoms. The van der Waals surface area contributed by atoms with Crippen LogP contribution in [-0.2, 0) is 9.53 Å². The fraction of sp³-hybridized carbons (Fsp3) is 0.429. The Morgan fingerprint density at radius 2 is 2.00 bits per heavy atom. The predicted molar refractivity (Wildman–Crippen MR) is 106 cm³/mol. The van der Waals surface area contributed by atoms with Gasteiger partial charge in [-0.2, -0.15) is 0 Å². The Bertz CT molecular complexity index is 835. The standard InChI is InChI=1S/C21H24N2O3S/c1-16-12-18(27-14-16)20(25)22-10-5-8-21(9-11-22)15-23(19(24)13-26-21)17-6-3-2-4-7-17/h2-4,6-7,12,14H,5,8-11,13,15H2,1H3. The van der Waals surface area contributed by atoms with Gasteiger partial charge in [-0.3, -0.25) is 9.59 Å². The number of aryl methyl sites for hydroxylation is 1. The van der Waals surface area contributed by atoms with Gasteiger partial charge in [0.1, 0.15) is 6.61 Å². The van der Waals surface area contributed by atoms with E-state index in [4.69, 9.17) is 4.74 Å². The third-order valence-corrected chi connectivity index (χ3v) is 6.48. The first-order valence-corrected chi connectivity index (χ1v) is 10.3. The second kappa shape index (κ2) is 7.44. The lowest BCUT2D eigenvalue weighted by Gasteiger charge is -2.42. The smallest absolute Gasteiger partial charge is 0.263 e. The van der Waals surface area contributed by atoms with E-state index in [1.165, 1.54) is 11.3 Å². The highest BCUT2D eigenvalue weighted by molar-refractivity contribution is 7.12. The predicted octanol–water partition coefficient (Wildman–Crippen LogP) is 3.48. The maximum atomic E-state index is 12.8. The van der Waals surface area contributed by atoms with E-state index >= 15 is 0 Å². The van der Waals surface area contributed by atoms with E-state index in [0.29, 0.717) is 13.1 Å². The monoisotopic (exact) mass is 384 g/mol. The molecule has 2 saturated heterocycles. The molecular weight excluding hydrogens is 360 g/mol. The molecule has 2 aliphatic rings. The molecule has 0 saturated carbocycles. The Balaban J connectivity index is 1.48. The van der Waals surface area contributed by atoms with Gasteiger partial charge in [0.2, 0.25) is 0 Å². The summed E-state index contributed by atoms with van der Waals surface area (Å²) in [5.41, 5.74) is 1.67. The molecule has 1 aromatic heterocycles. The Labute approximate surface area is 163 Å². The number of nitrogens with zero attached hydrogens (tertiary/aromatic N) is 2. The van der Waals surface area contributed by atoms with Gasteiger partial charge in [0.05, 0.1) is 17.0 Å². The molecule has 1 unspecified atom stereocenters. The Kier molecular flexibility index (Phi) is 5.02. The SMILES string of the molecule is Cc1csc(C(=O)N2CCCC3(CC2)CN(c2ccccc2)C(=O)CO3)c1. The summed E-state index contributed by atoms with van der Waals surface area (Å²) >= 11 is 1.51. The van der Waals surface area contributed by atoms with Gasteiger partial charge in [-0.05, 0) is 55.3 Å². The summed E-state index contributed by atoms with van der Waals surface area (Å²) in [6.45, 7) is 4.06. The van der Waals surface area contributed by atoms with E-state index in [0.717, 1.165) is 41.9 Å². The van der Waals surface area contributed by atoms with Crippen molar-refractivity contribution in [3.63, 3.8) is 0 Å². The molecule has 5 nitrogen and oxygen atoms in total. The molecule has 2 aromatic rings. The van der Waals surface area contributed by atoms with Crippen LogP contribution in [0.5, 0.6) is 0 Å². The van der Waals surface area contributed by atoms with E-state index in [-0.39, 0.29) is 24.0 Å². The lowest BCUT2D eigenvalue weighted by molar-refractivity contribution is -0.140. The minimum absolute atomic E-state index is 0.00179. The molecule has 0 bridgehead atoms. The van der Waals surface area contributed by atoms with Crippen LogP contribution in [0.25, 0.3) is 0 Å². The third kappa shape index (κ3) is 3.77. The van der Waals surface area contributed by atoms with Crippen molar-refractivity contribution in [3.05, 3.63) is 52.2 Å². The molecule has 0 radical (unpaired) electrons. The van der Waals surface area contributed by atoms with E-state index < -0.39 is 0 Å². The molecule has 0 N–H and O–H groups in total. The van der Waals surface area contributed by atoms with Gasteiger partial charge in [0, 0.05) is 18.8 Å². The molecule has 1 aromatic carbocycles. The summed E-state index contributed by atoms with van der Waals surface area (Å²) in [6, 6.07) is 11.7. The fourth-order valence-corrected chi connectivity index (χ4v) is 4.80. The summed E-state index contributed by atoms with van der Waals surface area (Å²) in [5, 5.41) is 2.01. The molecule has 1 atom stereocenters. The average molecular weight is 385 g/mol. The molecule has 2 aliphatic heterocycles. The molecule has 2 amide bonds. The minimum Gasteiger partial charge on any atom is -0.363 e. The van der Waals surface area contributed by atoms with Crippen LogP contribution in [-0.4, -0.2) is 48.6 Å². The minimum atomic E-state index is -0.371. The molecule has 2 fully saturated rings. The third-order valence-electron chi connectivity index (χ3n) is 5.44. The zero-order valence-electron chi connectivity index (χ0n) is 15.5. The van der Waals surface area contributed by atoms with Gasteiger partial charge in [-0.1, -0.05) is 18.2 Å². The second-order valence-corrected chi connectivity index (χ2v) is 8.33. The number of carbonyl (C=O) groups is 2. The highest BCUT2D eigenvalue weighted by Gasteiger charge is 2.42. The quantitative estimate of drug-likeness (QED) is 0.796. The number of para-hydroxylation sites is 1. The maximum absolute atomic E-state index is 12.8. The number of anilines is 1. The van der Waals surface area contributed by atoms with Gasteiger partial charge in [-0.25, -0.2) is 0 Å². The molecule has 0 aliphatic carbocycles. The number of carbonyl (C=O) groups excluding carboxylic acids is 2. The van der Waals surface area contributed by atoms with Crippen molar-refractivity contribution >= 4 is 28.8 Å². The number of likely N-dealkylation sites (tertiary alicyclic amines) is 1. The second-order valence-electron chi connectivity index (χ2n) is 7.42. The number of hydrogen-bond donors (Lipinski definition) is 0. The van der Waals surface area contributed by atoms with Crippen molar-refractivity contribution in [1.82, 2.24) is 4.90 Å². The number of hydrogen-bond acceptors (Lipinski definition) is 4. The molecular formula is C21H24N2O3S. The summed E-state index contributed by atoms with van der Waals surface area (Å²) in [5.74, 6) is 0.106. The summed E-state index contributed by atoms with van der Waals surface area (Å²) in [4.78, 5) is 29.8. The zero-order chi connectivity index (χ0) is 18.9. The summed E-state index contributed by atoms with van der Waals surface area (Å²) in [6.07, 6.45) is 2.49. The van der Waals surface area contributed by atoms with Crippen molar-refractivity contribution < 1.29 is 14.3 Å². The van der Waals surface area contributed by atoms with Crippen LogP contribution in [0, 0.1) is 6.92 Å². The Morgan fingerprint density at radius 3 is 2.74 bits per heavy atom. The molecule has 27 heavy (non-hydrogen) atoms. The average Bonchev–Trinajstić information content (AvgIpc) is 3.02. The van der Waals surface area contributed by atoms with Crippen molar-refractivity contribution in [1.29, 1.82) is 0 Å². The van der Waals surface area contributed by atoms with Crippen LogP contribution in [0.1, 0.15) is 34.5 Å². The first-order valence-electron chi connectivity index (χ1n) is 9.40. The molecule has 3 heterocycles. The van der Waals surface area contributed by atoms with E-state index in [1.54, 1.807) is 0 Å². The van der Waals surface area contributed by atoms with Crippen LogP contribution in [0.15, 0.2) is 41.8 Å². The molecule has 1 spiro atoms. The van der Waals surface area contributed by atoms with Crippen molar-refractivity contribution in [2.45, 2.75) is 31.8 Å². The highest BCUT2D eigenvalue weighted by atomic mass is 32.1. The van der Waals surface area contributed by atoms with Gasteiger partial charge in [-0.15, -0.1) is 11.3 Å². The fourth-order valence-electron chi connectivity index (χ4n) is 3.93. The molecule has 4 rings (SSSR count). The van der Waals surface area contributed by atoms with Gasteiger partial charge in [0.15, 0.2) is 0 Å². The topological polar surface area (TPSA) is 49.9 Å². The van der Waals surface area contributed by atoms with Crippen LogP contribution in [0.2, 0.25) is 0 Å². The maximum Gasteiger partial charge on any atom is 0.263 e. The van der Waals surface area contributed by atoms with Crippen LogP contribution in [0.4, 0.5) is 5.69 Å². The van der Waals surface area contributed by atoms with Gasteiger partial charge < -0.3 is 14.5 Å². The largest absolute Gasteiger partial charge is 0.363 e. The lowest BCUT2D eigenvalue weighted by atomic mass is 9.92. The van der Waals surface area contributed by atoms with Crippen LogP contribution >= 0.6 is 11.3 Å². The van der Waals surface area contributed by atoms with Crippen molar-refractivity contribution in [3.8, 4) is 0 Å². The lowest BCUT2D eigenvalue weighted by Crippen LogP contribution is -2.55. The van der Waals surface area contributed by atoms with E-state index in [1.807, 2.05) is 58.5 Å². The number of amides is 2. The van der Waals surface area contributed by atoms with E-state index in [9.17, 15) is 9.59 Å². The summed E-state index contributed by atoms with van der Waals surface area (Å²) in [7, 11) is 0. The van der Waals surface area contributed by atoms with Crippen LogP contribution < -0.4 is 4.90 Å². The Morgan fingerprint density at radius 1 is 1.19 bits per heavy atom. The normalized spacial score (nSPS) is 23.5. The molecule has 142 valence electrons. The number of thiophene rings is 1. The number of ether oxygens (including phenoxy) is 1. The van der Waals surface area contributed by atoms with Gasteiger partial charge >= 0.3 is 0 Å². The number of rotatable bonds is 2. The number of morpholine rings is 1. The first-order chi connectivity index (χ1) is 13.1. The van der Waals surface area contributed by atoms with Crippen molar-refractivity contribution in [2.75, 3.05) is 31.1 Å². The Hall–Kier alpha value is -2.18. The number of benzene rings is 1. The van der Waals surface area contributed by atoms with Crippen molar-refractivity contribution in [2.24, 2.45) is 0 Å². The van der Waals surface area contributed by atoms with E-state index in [2.05, 4.69) is 0 Å². The summed E-state index contributed by atoms with van der Waals surface area (Å²) < 4.78 is 6.06. The van der Waals surface area contributed by atoms with Gasteiger partial charge in [0.25, 0.3) is 11.8 Å². The first kappa shape index (κ1) is 18.2. The zero-order valence-corrected chi connectivity index (χ0v) is 16.3. The highest BCUT2D eigenvalue weighted by Crippen LogP contribution is 2.33.